The van der Waals surface area contributed by atoms with Crippen LogP contribution in [0.25, 0.3) is 0 Å². The first kappa shape index (κ1) is 23.7. The zero-order valence-electron chi connectivity index (χ0n) is 18.4. The van der Waals surface area contributed by atoms with E-state index in [9.17, 15) is 0 Å². The number of hydrogen-bond acceptors (Lipinski definition) is 3. The standard InChI is InChI=1S/C24H24BCl3O3/c1-13-7-19(8-14(2)22(13)26)29-25(30-20-9-15(3)23(27)16(4)10-20)31-21-11-17(5)24(28)18(6)12-21/h7-12H,1-6H3. The lowest BCUT2D eigenvalue weighted by atomic mass is 10.1. The Bertz CT molecular complexity index is 921. The molecule has 31 heavy (non-hydrogen) atoms. The van der Waals surface area contributed by atoms with Crippen molar-refractivity contribution in [3.05, 3.63) is 84.8 Å². The Morgan fingerprint density at radius 3 is 0.839 bits per heavy atom. The summed E-state index contributed by atoms with van der Waals surface area (Å²) in [5.41, 5.74) is 5.45. The van der Waals surface area contributed by atoms with Crippen molar-refractivity contribution in [3.63, 3.8) is 0 Å². The van der Waals surface area contributed by atoms with Gasteiger partial charge in [0.2, 0.25) is 0 Å². The summed E-state index contributed by atoms with van der Waals surface area (Å²) >= 11 is 18.9. The van der Waals surface area contributed by atoms with E-state index in [2.05, 4.69) is 0 Å². The summed E-state index contributed by atoms with van der Waals surface area (Å²) in [4.78, 5) is 0. The Hall–Kier alpha value is -2.01. The van der Waals surface area contributed by atoms with Crippen LogP contribution in [0.1, 0.15) is 33.4 Å². The van der Waals surface area contributed by atoms with Crippen molar-refractivity contribution in [2.45, 2.75) is 41.5 Å². The molecule has 3 aromatic carbocycles. The van der Waals surface area contributed by atoms with Gasteiger partial charge in [0.05, 0.1) is 0 Å². The number of hydrogen-bond donors (Lipinski definition) is 0. The second-order valence-electron chi connectivity index (χ2n) is 7.76. The topological polar surface area (TPSA) is 27.7 Å². The molecule has 0 amide bonds. The van der Waals surface area contributed by atoms with E-state index >= 15 is 0 Å². The molecule has 0 aliphatic heterocycles. The normalized spacial score (nSPS) is 10.7. The first-order valence-electron chi connectivity index (χ1n) is 9.85. The van der Waals surface area contributed by atoms with Crippen molar-refractivity contribution in [2.75, 3.05) is 0 Å². The highest BCUT2D eigenvalue weighted by Gasteiger charge is 2.31. The quantitative estimate of drug-likeness (QED) is 0.336. The fraction of sp³-hybridized carbons (Fsp3) is 0.250. The predicted octanol–water partition coefficient (Wildman–Crippen LogP) is 8.02. The van der Waals surface area contributed by atoms with E-state index in [1.807, 2.05) is 77.9 Å². The van der Waals surface area contributed by atoms with Gasteiger partial charge in [-0.15, -0.1) is 0 Å². The van der Waals surface area contributed by atoms with E-state index in [0.717, 1.165) is 33.4 Å². The van der Waals surface area contributed by atoms with Crippen LogP contribution in [0.3, 0.4) is 0 Å². The molecule has 0 radical (unpaired) electrons. The minimum Gasteiger partial charge on any atom is -0.490 e. The van der Waals surface area contributed by atoms with Gasteiger partial charge < -0.3 is 14.0 Å². The van der Waals surface area contributed by atoms with Gasteiger partial charge in [-0.25, -0.2) is 0 Å². The van der Waals surface area contributed by atoms with Gasteiger partial charge in [0.1, 0.15) is 17.2 Å². The molecule has 0 aliphatic carbocycles. The van der Waals surface area contributed by atoms with E-state index in [1.165, 1.54) is 0 Å². The van der Waals surface area contributed by atoms with Gasteiger partial charge in [0.25, 0.3) is 0 Å². The summed E-state index contributed by atoms with van der Waals surface area (Å²) in [7, 11) is -1.04. The van der Waals surface area contributed by atoms with Crippen molar-refractivity contribution in [3.8, 4) is 17.2 Å². The molecule has 0 heterocycles. The average molecular weight is 478 g/mol. The summed E-state index contributed by atoms with van der Waals surface area (Å²) in [5, 5.41) is 2.12. The molecule has 0 spiro atoms. The summed E-state index contributed by atoms with van der Waals surface area (Å²) < 4.78 is 18.3. The van der Waals surface area contributed by atoms with E-state index in [1.54, 1.807) is 0 Å². The highest BCUT2D eigenvalue weighted by atomic mass is 35.5. The van der Waals surface area contributed by atoms with Crippen LogP contribution in [-0.4, -0.2) is 7.32 Å². The van der Waals surface area contributed by atoms with Gasteiger partial charge in [-0.05, 0) is 111 Å². The summed E-state index contributed by atoms with van der Waals surface area (Å²) in [5.74, 6) is 1.78. The number of aryl methyl sites for hydroxylation is 6. The molecule has 0 atom stereocenters. The fourth-order valence-corrected chi connectivity index (χ4v) is 3.66. The third-order valence-corrected chi connectivity index (χ3v) is 6.72. The largest absolute Gasteiger partial charge is 0.864 e. The first-order valence-corrected chi connectivity index (χ1v) is 11.0. The lowest BCUT2D eigenvalue weighted by Gasteiger charge is -2.19. The lowest BCUT2D eigenvalue weighted by molar-refractivity contribution is 0.307. The van der Waals surface area contributed by atoms with Crippen LogP contribution in [0.4, 0.5) is 0 Å². The van der Waals surface area contributed by atoms with Gasteiger partial charge >= 0.3 is 7.32 Å². The summed E-state index contributed by atoms with van der Waals surface area (Å²) in [6, 6.07) is 11.1. The molecular formula is C24H24BCl3O3. The van der Waals surface area contributed by atoms with Crippen molar-refractivity contribution in [1.29, 1.82) is 0 Å². The van der Waals surface area contributed by atoms with Gasteiger partial charge in [-0.2, -0.15) is 0 Å². The molecule has 0 aromatic heterocycles. The third-order valence-electron chi connectivity index (χ3n) is 4.93. The molecule has 3 nitrogen and oxygen atoms in total. The van der Waals surface area contributed by atoms with E-state index in [-0.39, 0.29) is 0 Å². The summed E-state index contributed by atoms with van der Waals surface area (Å²) in [6.45, 7) is 11.6. The minimum atomic E-state index is -1.04. The van der Waals surface area contributed by atoms with Gasteiger partial charge in [-0.3, -0.25) is 0 Å². The maximum Gasteiger partial charge on any atom is 0.864 e. The van der Waals surface area contributed by atoms with E-state index in [0.29, 0.717) is 32.3 Å². The number of rotatable bonds is 6. The van der Waals surface area contributed by atoms with Gasteiger partial charge in [-0.1, -0.05) is 34.8 Å². The van der Waals surface area contributed by atoms with Gasteiger partial charge in [0, 0.05) is 15.1 Å². The maximum atomic E-state index is 6.30. The maximum absolute atomic E-state index is 6.30. The predicted molar refractivity (Wildman–Crippen MR) is 130 cm³/mol. The van der Waals surface area contributed by atoms with Gasteiger partial charge in [0.15, 0.2) is 0 Å². The van der Waals surface area contributed by atoms with Crippen molar-refractivity contribution in [1.82, 2.24) is 0 Å². The molecule has 0 saturated heterocycles. The van der Waals surface area contributed by atoms with Crippen LogP contribution in [0.15, 0.2) is 36.4 Å². The van der Waals surface area contributed by atoms with Crippen LogP contribution in [-0.2, 0) is 0 Å². The third kappa shape index (κ3) is 5.62. The van der Waals surface area contributed by atoms with E-state index in [4.69, 9.17) is 48.8 Å². The molecule has 0 fully saturated rings. The second-order valence-corrected chi connectivity index (χ2v) is 8.89. The van der Waals surface area contributed by atoms with Crippen LogP contribution in [0.5, 0.6) is 17.2 Å². The Morgan fingerprint density at radius 1 is 0.452 bits per heavy atom. The molecule has 3 rings (SSSR count). The zero-order chi connectivity index (χ0) is 22.9. The van der Waals surface area contributed by atoms with Crippen LogP contribution < -0.4 is 14.0 Å². The molecule has 162 valence electrons. The molecule has 0 bridgehead atoms. The first-order chi connectivity index (χ1) is 14.5. The molecule has 7 heteroatoms. The SMILES string of the molecule is Cc1cc(OB(Oc2cc(C)c(Cl)c(C)c2)Oc2cc(C)c(Cl)c(C)c2)cc(C)c1Cl. The van der Waals surface area contributed by atoms with Crippen LogP contribution >= 0.6 is 34.8 Å². The average Bonchev–Trinajstić information content (AvgIpc) is 2.68. The van der Waals surface area contributed by atoms with Crippen molar-refractivity contribution in [2.24, 2.45) is 0 Å². The number of benzene rings is 3. The highest BCUT2D eigenvalue weighted by molar-refractivity contribution is 6.40. The van der Waals surface area contributed by atoms with Crippen LogP contribution in [0, 0.1) is 41.5 Å². The van der Waals surface area contributed by atoms with Crippen LogP contribution in [0.2, 0.25) is 15.1 Å². The molecule has 0 aliphatic rings. The molecule has 3 aromatic rings. The monoisotopic (exact) mass is 476 g/mol. The molecular weight excluding hydrogens is 453 g/mol. The number of halogens is 3. The Kier molecular flexibility index (Phi) is 7.36. The summed E-state index contributed by atoms with van der Waals surface area (Å²) in [6.07, 6.45) is 0. The molecule has 0 N–H and O–H groups in total. The molecule has 0 saturated carbocycles. The van der Waals surface area contributed by atoms with Crippen molar-refractivity contribution < 1.29 is 14.0 Å². The lowest BCUT2D eigenvalue weighted by Crippen LogP contribution is -2.37. The Morgan fingerprint density at radius 2 is 0.645 bits per heavy atom. The molecule has 0 unspecified atom stereocenters. The zero-order valence-corrected chi connectivity index (χ0v) is 20.7. The second kappa shape index (κ2) is 9.64. The Balaban J connectivity index is 1.95. The van der Waals surface area contributed by atoms with Crippen molar-refractivity contribution >= 4 is 42.1 Å². The minimum absolute atomic E-state index is 0.592. The fourth-order valence-electron chi connectivity index (χ4n) is 3.33. The Labute approximate surface area is 199 Å². The highest BCUT2D eigenvalue weighted by Crippen LogP contribution is 2.30. The smallest absolute Gasteiger partial charge is 0.490 e. The van der Waals surface area contributed by atoms with E-state index < -0.39 is 7.32 Å².